The Labute approximate surface area is 88.9 Å². The maximum atomic E-state index is 12.3. The van der Waals surface area contributed by atoms with Gasteiger partial charge in [0.2, 0.25) is 5.88 Å². The van der Waals surface area contributed by atoms with E-state index in [0.29, 0.717) is 6.07 Å². The fourth-order valence-electron chi connectivity index (χ4n) is 0.580. The van der Waals surface area contributed by atoms with Crippen molar-refractivity contribution in [3.8, 4) is 11.9 Å². The molecule has 0 fully saturated rings. The number of hydrogen-bond acceptors (Lipinski definition) is 3. The van der Waals surface area contributed by atoms with Crippen LogP contribution in [0.25, 0.3) is 0 Å². The Balaban J connectivity index is 0.00000121. The van der Waals surface area contributed by atoms with Crippen LogP contribution < -0.4 is 5.56 Å². The summed E-state index contributed by atoms with van der Waals surface area (Å²) in [5, 5.41) is 17.0. The minimum atomic E-state index is -1.08. The molecule has 1 aromatic heterocycles. The van der Waals surface area contributed by atoms with Gasteiger partial charge in [-0.25, -0.2) is 4.39 Å². The van der Waals surface area contributed by atoms with Crippen LogP contribution in [-0.4, -0.2) is 39.6 Å². The molecule has 0 aliphatic carbocycles. The second-order valence-corrected chi connectivity index (χ2v) is 1.82. The molecular weight excluding hydrogens is 174 g/mol. The summed E-state index contributed by atoms with van der Waals surface area (Å²) >= 11 is 0. The molecule has 1 aromatic rings. The third-order valence-electron chi connectivity index (χ3n) is 1.10. The van der Waals surface area contributed by atoms with Gasteiger partial charge in [0, 0.05) is 6.07 Å². The summed E-state index contributed by atoms with van der Waals surface area (Å²) in [5.41, 5.74) is -1.33. The summed E-state index contributed by atoms with van der Waals surface area (Å²) in [6.07, 6.45) is 0. The predicted molar refractivity (Wildman–Crippen MR) is 40.5 cm³/mol. The topological polar surface area (TPSA) is 76.9 Å². The van der Waals surface area contributed by atoms with Gasteiger partial charge in [-0.3, -0.25) is 9.78 Å². The van der Waals surface area contributed by atoms with Crippen molar-refractivity contribution in [1.82, 2.24) is 4.98 Å². The summed E-state index contributed by atoms with van der Waals surface area (Å²) in [5.74, 6) is -1.70. The van der Waals surface area contributed by atoms with E-state index in [1.807, 2.05) is 0 Å². The molecule has 0 unspecified atom stereocenters. The number of H-pyrrole nitrogens is 1. The Morgan fingerprint density at radius 1 is 1.67 bits per heavy atom. The van der Waals surface area contributed by atoms with Gasteiger partial charge in [0.15, 0.2) is 5.82 Å². The van der Waals surface area contributed by atoms with E-state index in [0.717, 1.165) is 0 Å². The van der Waals surface area contributed by atoms with Crippen LogP contribution in [0.5, 0.6) is 5.88 Å². The Kier molecular flexibility index (Phi) is 3.96. The Bertz CT molecular complexity index is 382. The van der Waals surface area contributed by atoms with Gasteiger partial charge in [-0.2, -0.15) is 5.26 Å². The first kappa shape index (κ1) is 11.2. The molecule has 0 aliphatic heterocycles. The summed E-state index contributed by atoms with van der Waals surface area (Å²) < 4.78 is 12.3. The fraction of sp³-hybridized carbons (Fsp3) is 0. The van der Waals surface area contributed by atoms with E-state index < -0.39 is 17.3 Å². The van der Waals surface area contributed by atoms with Crippen molar-refractivity contribution in [2.75, 3.05) is 0 Å². The van der Waals surface area contributed by atoms with Crippen molar-refractivity contribution in [3.05, 3.63) is 27.8 Å². The van der Waals surface area contributed by atoms with E-state index in [1.54, 1.807) is 4.98 Å². The number of pyridine rings is 1. The molecule has 6 heteroatoms. The average Bonchev–Trinajstić information content (AvgIpc) is 1.97. The fourth-order valence-corrected chi connectivity index (χ4v) is 0.580. The number of hydrogen-bond donors (Lipinski definition) is 2. The summed E-state index contributed by atoms with van der Waals surface area (Å²) in [4.78, 5) is 12.2. The summed E-state index contributed by atoms with van der Waals surface area (Å²) in [6, 6.07) is 2.18. The van der Waals surface area contributed by atoms with Gasteiger partial charge in [-0.1, -0.05) is 0 Å². The van der Waals surface area contributed by atoms with Gasteiger partial charge >= 0.3 is 29.6 Å². The first-order valence-corrected chi connectivity index (χ1v) is 2.67. The second-order valence-electron chi connectivity index (χ2n) is 1.82. The van der Waals surface area contributed by atoms with E-state index in [1.165, 1.54) is 6.07 Å². The Hall–Kier alpha value is -0.830. The van der Waals surface area contributed by atoms with E-state index in [2.05, 4.69) is 0 Å². The van der Waals surface area contributed by atoms with Crippen LogP contribution in [0.15, 0.2) is 10.9 Å². The maximum absolute atomic E-state index is 12.3. The van der Waals surface area contributed by atoms with Crippen LogP contribution in [0.3, 0.4) is 0 Å². The Morgan fingerprint density at radius 2 is 2.25 bits per heavy atom. The van der Waals surface area contributed by atoms with Gasteiger partial charge in [-0.05, 0) is 0 Å². The van der Waals surface area contributed by atoms with E-state index in [9.17, 15) is 9.18 Å². The van der Waals surface area contributed by atoms with Crippen molar-refractivity contribution in [3.63, 3.8) is 0 Å². The summed E-state index contributed by atoms with van der Waals surface area (Å²) in [6.45, 7) is 0. The molecular formula is C6H4FN2NaO2. The molecule has 1 heterocycles. The standard InChI is InChI=1S/C6H3FN2O2.Na.H/c7-4-1-3(2-8)5(10)9-6(4)11;;/h1H,(H2,9,10,11);;. The molecule has 0 spiro atoms. The number of aromatic amines is 1. The molecule has 1 rings (SSSR count). The summed E-state index contributed by atoms with van der Waals surface area (Å²) in [7, 11) is 0. The number of nitrogens with one attached hydrogen (secondary N) is 1. The first-order chi connectivity index (χ1) is 5.15. The number of nitriles is 1. The average molecular weight is 178 g/mol. The molecule has 0 amide bonds. The third-order valence-corrected chi connectivity index (χ3v) is 1.10. The quantitative estimate of drug-likeness (QED) is 0.523. The van der Waals surface area contributed by atoms with Crippen molar-refractivity contribution in [1.29, 1.82) is 5.26 Å². The zero-order valence-electron chi connectivity index (χ0n) is 5.26. The molecule has 0 atom stereocenters. The van der Waals surface area contributed by atoms with Crippen LogP contribution in [0.2, 0.25) is 0 Å². The molecule has 0 saturated heterocycles. The predicted octanol–water partition coefficient (Wildman–Crippen LogP) is -0.557. The van der Waals surface area contributed by atoms with E-state index >= 15 is 0 Å². The van der Waals surface area contributed by atoms with Crippen molar-refractivity contribution in [2.45, 2.75) is 0 Å². The molecule has 0 aliphatic rings. The van der Waals surface area contributed by atoms with E-state index in [4.69, 9.17) is 10.4 Å². The van der Waals surface area contributed by atoms with E-state index in [-0.39, 0.29) is 35.1 Å². The normalized spacial score (nSPS) is 8.33. The second kappa shape index (κ2) is 4.26. The molecule has 0 radical (unpaired) electrons. The number of aromatic nitrogens is 1. The number of nitrogens with zero attached hydrogens (tertiary/aromatic N) is 1. The number of rotatable bonds is 0. The zero-order valence-corrected chi connectivity index (χ0v) is 5.26. The monoisotopic (exact) mass is 178 g/mol. The number of halogens is 1. The third kappa shape index (κ3) is 2.08. The molecule has 2 N–H and O–H groups in total. The van der Waals surface area contributed by atoms with Gasteiger partial charge in [0.05, 0.1) is 0 Å². The molecule has 4 nitrogen and oxygen atoms in total. The van der Waals surface area contributed by atoms with Crippen molar-refractivity contribution < 1.29 is 9.50 Å². The van der Waals surface area contributed by atoms with Crippen LogP contribution in [0, 0.1) is 17.1 Å². The molecule has 12 heavy (non-hydrogen) atoms. The van der Waals surface area contributed by atoms with Gasteiger partial charge < -0.3 is 5.11 Å². The zero-order chi connectivity index (χ0) is 8.43. The Morgan fingerprint density at radius 3 is 2.75 bits per heavy atom. The molecule has 0 bridgehead atoms. The van der Waals surface area contributed by atoms with Crippen molar-refractivity contribution in [2.24, 2.45) is 0 Å². The van der Waals surface area contributed by atoms with Crippen LogP contribution in [0.4, 0.5) is 4.39 Å². The number of aromatic hydroxyl groups is 1. The molecule has 0 aromatic carbocycles. The van der Waals surface area contributed by atoms with Gasteiger partial charge in [-0.15, -0.1) is 0 Å². The van der Waals surface area contributed by atoms with Gasteiger partial charge in [0.1, 0.15) is 11.6 Å². The minimum absolute atomic E-state index is 0. The van der Waals surface area contributed by atoms with Crippen LogP contribution in [0.1, 0.15) is 5.56 Å². The van der Waals surface area contributed by atoms with Gasteiger partial charge in [0.25, 0.3) is 5.56 Å². The van der Waals surface area contributed by atoms with Crippen molar-refractivity contribution >= 4 is 29.6 Å². The molecule has 0 saturated carbocycles. The molecule has 58 valence electrons. The first-order valence-electron chi connectivity index (χ1n) is 2.67. The van der Waals surface area contributed by atoms with Crippen LogP contribution >= 0.6 is 0 Å². The SMILES string of the molecule is N#Cc1cc(F)c(=O)[nH]c1O.[NaH]. The van der Waals surface area contributed by atoms with Crippen LogP contribution in [-0.2, 0) is 0 Å².